The zero-order valence-corrected chi connectivity index (χ0v) is 12.9. The highest BCUT2D eigenvalue weighted by Gasteiger charge is 2.18. The van der Waals surface area contributed by atoms with Crippen LogP contribution in [0.25, 0.3) is 0 Å². The number of methoxy groups -OCH3 is 2. The van der Waals surface area contributed by atoms with Crippen molar-refractivity contribution in [3.05, 3.63) is 18.0 Å². The van der Waals surface area contributed by atoms with Crippen LogP contribution in [0.1, 0.15) is 12.1 Å². The van der Waals surface area contributed by atoms with Crippen molar-refractivity contribution in [3.8, 4) is 11.5 Å². The molecule has 1 aliphatic heterocycles. The summed E-state index contributed by atoms with van der Waals surface area (Å²) < 4.78 is 10.8. The van der Waals surface area contributed by atoms with Gasteiger partial charge >= 0.3 is 0 Å². The minimum Gasteiger partial charge on any atom is -0.493 e. The van der Waals surface area contributed by atoms with Gasteiger partial charge < -0.3 is 14.6 Å². The third kappa shape index (κ3) is 4.30. The Balaban J connectivity index is 2.01. The van der Waals surface area contributed by atoms with E-state index in [1.807, 2.05) is 6.07 Å². The van der Waals surface area contributed by atoms with E-state index in [4.69, 9.17) is 14.6 Å². The van der Waals surface area contributed by atoms with Gasteiger partial charge in [0, 0.05) is 38.4 Å². The first kappa shape index (κ1) is 16.0. The van der Waals surface area contributed by atoms with E-state index in [1.54, 1.807) is 20.4 Å². The summed E-state index contributed by atoms with van der Waals surface area (Å²) >= 11 is 0. The molecule has 2 heterocycles. The van der Waals surface area contributed by atoms with Crippen LogP contribution in [0.3, 0.4) is 0 Å². The third-order valence-corrected chi connectivity index (χ3v) is 3.84. The smallest absolute Gasteiger partial charge is 0.183 e. The van der Waals surface area contributed by atoms with Gasteiger partial charge in [-0.3, -0.25) is 14.8 Å². The van der Waals surface area contributed by atoms with Crippen molar-refractivity contribution in [2.45, 2.75) is 13.0 Å². The highest BCUT2D eigenvalue weighted by Crippen LogP contribution is 2.29. The summed E-state index contributed by atoms with van der Waals surface area (Å²) in [7, 11) is 3.29. The quantitative estimate of drug-likeness (QED) is 0.829. The van der Waals surface area contributed by atoms with Gasteiger partial charge in [0.2, 0.25) is 0 Å². The van der Waals surface area contributed by atoms with Crippen LogP contribution in [-0.2, 0) is 6.54 Å². The van der Waals surface area contributed by atoms with Gasteiger partial charge in [-0.05, 0) is 19.5 Å². The van der Waals surface area contributed by atoms with E-state index in [0.29, 0.717) is 0 Å². The summed E-state index contributed by atoms with van der Waals surface area (Å²) in [6, 6.07) is 1.81. The molecule has 0 amide bonds. The summed E-state index contributed by atoms with van der Waals surface area (Å²) in [5.74, 6) is 1.44. The second-order valence-corrected chi connectivity index (χ2v) is 5.19. The van der Waals surface area contributed by atoms with Crippen molar-refractivity contribution in [2.24, 2.45) is 0 Å². The lowest BCUT2D eigenvalue weighted by Crippen LogP contribution is -2.32. The van der Waals surface area contributed by atoms with Gasteiger partial charge in [-0.1, -0.05) is 0 Å². The fourth-order valence-corrected chi connectivity index (χ4v) is 2.72. The molecule has 118 valence electrons. The molecule has 6 heteroatoms. The van der Waals surface area contributed by atoms with E-state index in [9.17, 15) is 0 Å². The Morgan fingerprint density at radius 1 is 1.14 bits per heavy atom. The zero-order valence-electron chi connectivity index (χ0n) is 12.9. The fourth-order valence-electron chi connectivity index (χ4n) is 2.72. The van der Waals surface area contributed by atoms with E-state index in [0.717, 1.165) is 62.9 Å². The first-order valence-electron chi connectivity index (χ1n) is 7.40. The van der Waals surface area contributed by atoms with E-state index < -0.39 is 0 Å². The molecule has 1 aliphatic rings. The number of aromatic nitrogens is 1. The molecule has 1 N–H and O–H groups in total. The van der Waals surface area contributed by atoms with E-state index in [2.05, 4.69) is 14.8 Å². The van der Waals surface area contributed by atoms with Crippen molar-refractivity contribution >= 4 is 0 Å². The lowest BCUT2D eigenvalue weighted by molar-refractivity contribution is 0.195. The van der Waals surface area contributed by atoms with Crippen LogP contribution in [0.2, 0.25) is 0 Å². The Labute approximate surface area is 126 Å². The van der Waals surface area contributed by atoms with Gasteiger partial charge in [-0.2, -0.15) is 0 Å². The average Bonchev–Trinajstić information content (AvgIpc) is 2.73. The summed E-state index contributed by atoms with van der Waals surface area (Å²) in [4.78, 5) is 9.12. The van der Waals surface area contributed by atoms with Crippen molar-refractivity contribution in [3.63, 3.8) is 0 Å². The van der Waals surface area contributed by atoms with Gasteiger partial charge in [0.15, 0.2) is 11.5 Å². The third-order valence-electron chi connectivity index (χ3n) is 3.84. The molecule has 0 aliphatic carbocycles. The predicted octanol–water partition coefficient (Wildman–Crippen LogP) is 0.599. The molecule has 21 heavy (non-hydrogen) atoms. The van der Waals surface area contributed by atoms with Crippen LogP contribution < -0.4 is 9.47 Å². The first-order chi connectivity index (χ1) is 10.3. The molecule has 6 nitrogen and oxygen atoms in total. The summed E-state index contributed by atoms with van der Waals surface area (Å²) in [6.45, 7) is 5.77. The lowest BCUT2D eigenvalue weighted by atomic mass is 10.2. The van der Waals surface area contributed by atoms with Crippen LogP contribution in [0.5, 0.6) is 11.5 Å². The molecule has 0 spiro atoms. The minimum atomic E-state index is 0.227. The molecule has 0 aromatic carbocycles. The van der Waals surface area contributed by atoms with Gasteiger partial charge in [-0.15, -0.1) is 0 Å². The van der Waals surface area contributed by atoms with Crippen molar-refractivity contribution in [1.29, 1.82) is 0 Å². The summed E-state index contributed by atoms with van der Waals surface area (Å²) in [6.07, 6.45) is 2.86. The number of rotatable bonds is 6. The standard InChI is InChI=1S/C15H25N3O3/c1-20-14-4-5-16-13(15(14)21-2)12-18-7-3-6-17(8-9-18)10-11-19/h4-5,19H,3,6-12H2,1-2H3. The minimum absolute atomic E-state index is 0.227. The molecule has 0 bridgehead atoms. The van der Waals surface area contributed by atoms with Gasteiger partial charge in [0.25, 0.3) is 0 Å². The van der Waals surface area contributed by atoms with Crippen LogP contribution in [-0.4, -0.2) is 73.4 Å². The van der Waals surface area contributed by atoms with Crippen molar-refractivity contribution < 1.29 is 14.6 Å². The molecule has 1 aromatic heterocycles. The van der Waals surface area contributed by atoms with Crippen molar-refractivity contribution in [1.82, 2.24) is 14.8 Å². The van der Waals surface area contributed by atoms with Crippen LogP contribution >= 0.6 is 0 Å². The van der Waals surface area contributed by atoms with E-state index >= 15 is 0 Å². The number of aliphatic hydroxyl groups excluding tert-OH is 1. The van der Waals surface area contributed by atoms with Gasteiger partial charge in [0.1, 0.15) is 5.69 Å². The Kier molecular flexibility index (Phi) is 6.22. The maximum Gasteiger partial charge on any atom is 0.183 e. The Morgan fingerprint density at radius 3 is 2.62 bits per heavy atom. The molecular weight excluding hydrogens is 270 g/mol. The number of nitrogens with zero attached hydrogens (tertiary/aromatic N) is 3. The molecule has 2 rings (SSSR count). The molecule has 1 fully saturated rings. The highest BCUT2D eigenvalue weighted by molar-refractivity contribution is 5.42. The van der Waals surface area contributed by atoms with Gasteiger partial charge in [-0.25, -0.2) is 0 Å². The van der Waals surface area contributed by atoms with Crippen LogP contribution in [0.15, 0.2) is 12.3 Å². The number of pyridine rings is 1. The average molecular weight is 295 g/mol. The van der Waals surface area contributed by atoms with Crippen LogP contribution in [0.4, 0.5) is 0 Å². The lowest BCUT2D eigenvalue weighted by Gasteiger charge is -2.22. The topological polar surface area (TPSA) is 58.1 Å². The summed E-state index contributed by atoms with van der Waals surface area (Å²) in [5.41, 5.74) is 0.910. The monoisotopic (exact) mass is 295 g/mol. The first-order valence-corrected chi connectivity index (χ1v) is 7.40. The number of aliphatic hydroxyl groups is 1. The Morgan fingerprint density at radius 2 is 1.90 bits per heavy atom. The largest absolute Gasteiger partial charge is 0.493 e. The molecule has 1 saturated heterocycles. The summed E-state index contributed by atoms with van der Waals surface area (Å²) in [5, 5.41) is 9.04. The Hall–Kier alpha value is -1.37. The van der Waals surface area contributed by atoms with Gasteiger partial charge in [0.05, 0.1) is 20.8 Å². The fraction of sp³-hybridized carbons (Fsp3) is 0.667. The molecule has 1 aromatic rings. The number of ether oxygens (including phenoxy) is 2. The molecule has 0 saturated carbocycles. The number of hydrogen-bond donors (Lipinski definition) is 1. The van der Waals surface area contributed by atoms with Crippen molar-refractivity contribution in [2.75, 3.05) is 53.6 Å². The molecule has 0 radical (unpaired) electrons. The Bertz CT molecular complexity index is 442. The highest BCUT2D eigenvalue weighted by atomic mass is 16.5. The zero-order chi connectivity index (χ0) is 15.1. The second-order valence-electron chi connectivity index (χ2n) is 5.19. The predicted molar refractivity (Wildman–Crippen MR) is 80.8 cm³/mol. The molecular formula is C15H25N3O3. The second kappa shape index (κ2) is 8.17. The molecule has 0 atom stereocenters. The SMILES string of the molecule is COc1ccnc(CN2CCCN(CCO)CC2)c1OC. The van der Waals surface area contributed by atoms with Crippen LogP contribution in [0, 0.1) is 0 Å². The maximum atomic E-state index is 9.04. The van der Waals surface area contributed by atoms with E-state index in [1.165, 1.54) is 0 Å². The van der Waals surface area contributed by atoms with E-state index in [-0.39, 0.29) is 6.61 Å². The molecule has 0 unspecified atom stereocenters. The maximum absolute atomic E-state index is 9.04. The number of β-amino-alcohol motifs (C(OH)–C–C–N with tert-alkyl or cyclic N) is 1. The number of hydrogen-bond acceptors (Lipinski definition) is 6. The normalized spacial score (nSPS) is 17.5.